The van der Waals surface area contributed by atoms with Crippen LogP contribution >= 0.6 is 0 Å². The van der Waals surface area contributed by atoms with E-state index in [4.69, 9.17) is 5.73 Å². The zero-order valence-corrected chi connectivity index (χ0v) is 10.9. The first kappa shape index (κ1) is 12.4. The van der Waals surface area contributed by atoms with Crippen LogP contribution in [0.15, 0.2) is 30.3 Å². The monoisotopic (exact) mass is 242 g/mol. The quantitative estimate of drug-likeness (QED) is 0.867. The fourth-order valence-electron chi connectivity index (χ4n) is 1.68. The van der Waals surface area contributed by atoms with Crippen molar-refractivity contribution < 1.29 is 0 Å². The molecule has 0 bridgehead atoms. The second-order valence-corrected chi connectivity index (χ2v) is 4.69. The van der Waals surface area contributed by atoms with Gasteiger partial charge in [0, 0.05) is 17.7 Å². The molecular weight excluding hydrogens is 224 g/mol. The molecule has 0 fully saturated rings. The van der Waals surface area contributed by atoms with Crippen LogP contribution in [0, 0.1) is 6.92 Å². The minimum Gasteiger partial charge on any atom is -0.384 e. The molecule has 0 spiro atoms. The molecule has 1 heterocycles. The van der Waals surface area contributed by atoms with Gasteiger partial charge in [0.15, 0.2) is 0 Å². The van der Waals surface area contributed by atoms with Crippen LogP contribution in [0.5, 0.6) is 0 Å². The van der Waals surface area contributed by atoms with Gasteiger partial charge in [0.05, 0.1) is 0 Å². The minimum atomic E-state index is 0.256. The Labute approximate surface area is 107 Å². The van der Waals surface area contributed by atoms with Gasteiger partial charge >= 0.3 is 0 Å². The van der Waals surface area contributed by atoms with Crippen LogP contribution in [0.25, 0.3) is 0 Å². The summed E-state index contributed by atoms with van der Waals surface area (Å²) in [5.74, 6) is 2.23. The van der Waals surface area contributed by atoms with E-state index in [2.05, 4.69) is 34.3 Å². The van der Waals surface area contributed by atoms with E-state index in [0.29, 0.717) is 5.82 Å². The molecule has 0 amide bonds. The Balaban J connectivity index is 2.29. The molecule has 94 valence electrons. The molecule has 0 atom stereocenters. The van der Waals surface area contributed by atoms with Crippen LogP contribution in [0.3, 0.4) is 0 Å². The van der Waals surface area contributed by atoms with Crippen molar-refractivity contribution in [1.29, 1.82) is 0 Å². The summed E-state index contributed by atoms with van der Waals surface area (Å²) < 4.78 is 0. The average molecular weight is 242 g/mol. The summed E-state index contributed by atoms with van der Waals surface area (Å²) in [5.41, 5.74) is 7.99. The van der Waals surface area contributed by atoms with Gasteiger partial charge in [0.25, 0.3) is 0 Å². The molecule has 2 rings (SSSR count). The van der Waals surface area contributed by atoms with Gasteiger partial charge in [-0.3, -0.25) is 0 Å². The molecule has 1 aromatic carbocycles. The summed E-state index contributed by atoms with van der Waals surface area (Å²) in [6.07, 6.45) is 0. The van der Waals surface area contributed by atoms with Crippen molar-refractivity contribution in [3.05, 3.63) is 41.7 Å². The van der Waals surface area contributed by atoms with Crippen LogP contribution in [0.4, 0.5) is 17.3 Å². The molecule has 1 aromatic heterocycles. The molecule has 3 N–H and O–H groups in total. The number of anilines is 3. The molecule has 0 unspecified atom stereocenters. The molecule has 4 nitrogen and oxygen atoms in total. The summed E-state index contributed by atoms with van der Waals surface area (Å²) in [6, 6.07) is 9.87. The molecule has 18 heavy (non-hydrogen) atoms. The first-order valence-corrected chi connectivity index (χ1v) is 6.03. The number of benzene rings is 1. The van der Waals surface area contributed by atoms with Crippen molar-refractivity contribution in [1.82, 2.24) is 9.97 Å². The van der Waals surface area contributed by atoms with Crippen molar-refractivity contribution in [2.24, 2.45) is 0 Å². The number of rotatable bonds is 3. The molecule has 0 radical (unpaired) electrons. The SMILES string of the molecule is Cc1cccc(Nc2cc(N)nc(C(C)C)n2)c1. The van der Waals surface area contributed by atoms with Crippen molar-refractivity contribution in [3.63, 3.8) is 0 Å². The number of hydrogen-bond acceptors (Lipinski definition) is 4. The van der Waals surface area contributed by atoms with Crippen LogP contribution in [-0.2, 0) is 0 Å². The van der Waals surface area contributed by atoms with Crippen LogP contribution in [0.1, 0.15) is 31.2 Å². The molecule has 0 aliphatic rings. The molecule has 0 saturated heterocycles. The fourth-order valence-corrected chi connectivity index (χ4v) is 1.68. The van der Waals surface area contributed by atoms with Gasteiger partial charge in [-0.05, 0) is 24.6 Å². The average Bonchev–Trinajstić information content (AvgIpc) is 2.28. The normalized spacial score (nSPS) is 10.7. The third kappa shape index (κ3) is 2.97. The lowest BCUT2D eigenvalue weighted by Crippen LogP contribution is -2.04. The van der Waals surface area contributed by atoms with Gasteiger partial charge in [0.2, 0.25) is 0 Å². The molecule has 0 aliphatic heterocycles. The highest BCUT2D eigenvalue weighted by molar-refractivity contribution is 5.59. The largest absolute Gasteiger partial charge is 0.384 e. The van der Waals surface area contributed by atoms with Gasteiger partial charge in [-0.2, -0.15) is 0 Å². The van der Waals surface area contributed by atoms with Crippen molar-refractivity contribution >= 4 is 17.3 Å². The van der Waals surface area contributed by atoms with E-state index in [0.717, 1.165) is 17.3 Å². The zero-order chi connectivity index (χ0) is 13.1. The summed E-state index contributed by atoms with van der Waals surface area (Å²) in [4.78, 5) is 8.68. The summed E-state index contributed by atoms with van der Waals surface area (Å²) >= 11 is 0. The van der Waals surface area contributed by atoms with E-state index in [1.54, 1.807) is 6.07 Å². The van der Waals surface area contributed by atoms with E-state index in [9.17, 15) is 0 Å². The third-order valence-electron chi connectivity index (χ3n) is 2.57. The molecule has 0 aliphatic carbocycles. The topological polar surface area (TPSA) is 63.8 Å². The second kappa shape index (κ2) is 5.04. The molecule has 0 saturated carbocycles. The molecular formula is C14H18N4. The van der Waals surface area contributed by atoms with Crippen molar-refractivity contribution in [3.8, 4) is 0 Å². The maximum atomic E-state index is 5.79. The standard InChI is InChI=1S/C14H18N4/c1-9(2)14-17-12(15)8-13(18-14)16-11-6-4-5-10(3)7-11/h4-9H,1-3H3,(H3,15,16,17,18). The lowest BCUT2D eigenvalue weighted by Gasteiger charge is -2.10. The number of nitrogens with two attached hydrogens (primary N) is 1. The lowest BCUT2D eigenvalue weighted by molar-refractivity contribution is 0.779. The molecule has 2 aromatic rings. The Morgan fingerprint density at radius 3 is 2.61 bits per heavy atom. The minimum absolute atomic E-state index is 0.256. The zero-order valence-electron chi connectivity index (χ0n) is 10.9. The number of nitrogens with zero attached hydrogens (tertiary/aromatic N) is 2. The maximum absolute atomic E-state index is 5.79. The van der Waals surface area contributed by atoms with E-state index >= 15 is 0 Å². The Morgan fingerprint density at radius 1 is 1.17 bits per heavy atom. The van der Waals surface area contributed by atoms with Gasteiger partial charge in [-0.1, -0.05) is 26.0 Å². The van der Waals surface area contributed by atoms with Gasteiger partial charge < -0.3 is 11.1 Å². The highest BCUT2D eigenvalue weighted by Gasteiger charge is 2.06. The number of aromatic nitrogens is 2. The third-order valence-corrected chi connectivity index (χ3v) is 2.57. The number of nitrogen functional groups attached to an aromatic ring is 1. The first-order valence-electron chi connectivity index (χ1n) is 6.03. The summed E-state index contributed by atoms with van der Waals surface area (Å²) in [6.45, 7) is 6.15. The number of nitrogens with one attached hydrogen (secondary N) is 1. The second-order valence-electron chi connectivity index (χ2n) is 4.69. The van der Waals surface area contributed by atoms with Gasteiger partial charge in [-0.15, -0.1) is 0 Å². The predicted molar refractivity (Wildman–Crippen MR) is 75.0 cm³/mol. The van der Waals surface area contributed by atoms with E-state index < -0.39 is 0 Å². The van der Waals surface area contributed by atoms with Gasteiger partial charge in [0.1, 0.15) is 17.5 Å². The Kier molecular flexibility index (Phi) is 3.46. The highest BCUT2D eigenvalue weighted by Crippen LogP contribution is 2.19. The summed E-state index contributed by atoms with van der Waals surface area (Å²) in [5, 5.41) is 3.25. The van der Waals surface area contributed by atoms with Crippen LogP contribution < -0.4 is 11.1 Å². The Hall–Kier alpha value is -2.10. The molecule has 4 heteroatoms. The Bertz CT molecular complexity index is 549. The number of aryl methyl sites for hydroxylation is 1. The lowest BCUT2D eigenvalue weighted by atomic mass is 10.2. The smallest absolute Gasteiger partial charge is 0.136 e. The van der Waals surface area contributed by atoms with Crippen LogP contribution in [0.2, 0.25) is 0 Å². The van der Waals surface area contributed by atoms with Crippen LogP contribution in [-0.4, -0.2) is 9.97 Å². The van der Waals surface area contributed by atoms with Crippen molar-refractivity contribution in [2.75, 3.05) is 11.1 Å². The van der Waals surface area contributed by atoms with E-state index in [1.807, 2.05) is 26.0 Å². The highest BCUT2D eigenvalue weighted by atomic mass is 15.1. The Morgan fingerprint density at radius 2 is 1.94 bits per heavy atom. The van der Waals surface area contributed by atoms with E-state index in [-0.39, 0.29) is 5.92 Å². The predicted octanol–water partition coefficient (Wildman–Crippen LogP) is 3.23. The first-order chi connectivity index (χ1) is 8.54. The van der Waals surface area contributed by atoms with Gasteiger partial charge in [-0.25, -0.2) is 9.97 Å². The fraction of sp³-hybridized carbons (Fsp3) is 0.286. The van der Waals surface area contributed by atoms with Crippen molar-refractivity contribution in [2.45, 2.75) is 26.7 Å². The maximum Gasteiger partial charge on any atom is 0.136 e. The summed E-state index contributed by atoms with van der Waals surface area (Å²) in [7, 11) is 0. The number of hydrogen-bond donors (Lipinski definition) is 2. The van der Waals surface area contributed by atoms with E-state index in [1.165, 1.54) is 5.56 Å².